The van der Waals surface area contributed by atoms with Crippen molar-refractivity contribution in [2.24, 2.45) is 5.92 Å². The minimum Gasteiger partial charge on any atom is -0.392 e. The van der Waals surface area contributed by atoms with Crippen LogP contribution in [0.3, 0.4) is 0 Å². The van der Waals surface area contributed by atoms with Crippen LogP contribution in [0.15, 0.2) is 33.6 Å². The van der Waals surface area contributed by atoms with Gasteiger partial charge in [0.2, 0.25) is 0 Å². The van der Waals surface area contributed by atoms with Crippen LogP contribution in [-0.2, 0) is 0 Å². The Morgan fingerprint density at radius 1 is 1.31 bits per heavy atom. The van der Waals surface area contributed by atoms with Crippen molar-refractivity contribution >= 4 is 27.7 Å². The molecule has 0 amide bonds. The number of hydrogen-bond acceptors (Lipinski definition) is 2. The van der Waals surface area contributed by atoms with Gasteiger partial charge in [0.15, 0.2) is 0 Å². The van der Waals surface area contributed by atoms with Crippen molar-refractivity contribution in [2.75, 3.05) is 5.75 Å². The van der Waals surface area contributed by atoms with Crippen molar-refractivity contribution in [3.8, 4) is 0 Å². The highest BCUT2D eigenvalue weighted by molar-refractivity contribution is 9.10. The second-order valence-electron chi connectivity index (χ2n) is 4.45. The molecule has 1 fully saturated rings. The van der Waals surface area contributed by atoms with Crippen LogP contribution in [0.25, 0.3) is 0 Å². The van der Waals surface area contributed by atoms with Gasteiger partial charge in [0, 0.05) is 15.1 Å². The zero-order valence-corrected chi connectivity index (χ0v) is 11.6. The van der Waals surface area contributed by atoms with Crippen molar-refractivity contribution < 1.29 is 5.11 Å². The summed E-state index contributed by atoms with van der Waals surface area (Å²) in [5.74, 6) is 1.61. The van der Waals surface area contributed by atoms with Crippen molar-refractivity contribution in [1.29, 1.82) is 0 Å². The molecule has 88 valence electrons. The SMILES string of the molecule is OC(CSc1ccc(Br)cc1)CC1CCC1. The molecule has 0 heterocycles. The van der Waals surface area contributed by atoms with E-state index in [1.807, 2.05) is 12.1 Å². The summed E-state index contributed by atoms with van der Waals surface area (Å²) in [4.78, 5) is 1.23. The van der Waals surface area contributed by atoms with E-state index < -0.39 is 0 Å². The second kappa shape index (κ2) is 6.08. The van der Waals surface area contributed by atoms with E-state index >= 15 is 0 Å². The molecule has 1 aliphatic carbocycles. The van der Waals surface area contributed by atoms with Gasteiger partial charge in [0.1, 0.15) is 0 Å². The van der Waals surface area contributed by atoms with E-state index in [-0.39, 0.29) is 6.10 Å². The van der Waals surface area contributed by atoms with Crippen LogP contribution in [0.4, 0.5) is 0 Å². The van der Waals surface area contributed by atoms with E-state index in [4.69, 9.17) is 0 Å². The standard InChI is InChI=1S/C13H17BrOS/c14-11-4-6-13(7-5-11)16-9-12(15)8-10-2-1-3-10/h4-7,10,12,15H,1-3,8-9H2. The molecule has 16 heavy (non-hydrogen) atoms. The Morgan fingerprint density at radius 2 is 2.00 bits per heavy atom. The Labute approximate surface area is 110 Å². The minimum absolute atomic E-state index is 0.140. The van der Waals surface area contributed by atoms with Gasteiger partial charge >= 0.3 is 0 Å². The summed E-state index contributed by atoms with van der Waals surface area (Å²) >= 11 is 5.16. The lowest BCUT2D eigenvalue weighted by Gasteiger charge is -2.27. The average molecular weight is 301 g/mol. The highest BCUT2D eigenvalue weighted by Gasteiger charge is 2.20. The summed E-state index contributed by atoms with van der Waals surface area (Å²) in [7, 11) is 0. The van der Waals surface area contributed by atoms with Crippen LogP contribution >= 0.6 is 27.7 Å². The van der Waals surface area contributed by atoms with Gasteiger partial charge in [0.25, 0.3) is 0 Å². The fraction of sp³-hybridized carbons (Fsp3) is 0.538. The number of benzene rings is 1. The Kier molecular flexibility index (Phi) is 4.74. The summed E-state index contributed by atoms with van der Waals surface area (Å²) in [6.07, 6.45) is 4.85. The van der Waals surface area contributed by atoms with E-state index in [1.54, 1.807) is 11.8 Å². The molecule has 2 rings (SSSR count). The monoisotopic (exact) mass is 300 g/mol. The maximum absolute atomic E-state index is 9.87. The molecule has 1 unspecified atom stereocenters. The molecule has 1 aromatic carbocycles. The third-order valence-electron chi connectivity index (χ3n) is 3.09. The Morgan fingerprint density at radius 3 is 2.56 bits per heavy atom. The average Bonchev–Trinajstić information content (AvgIpc) is 2.23. The van der Waals surface area contributed by atoms with E-state index in [1.165, 1.54) is 24.2 Å². The van der Waals surface area contributed by atoms with Gasteiger partial charge in [-0.2, -0.15) is 0 Å². The first-order chi connectivity index (χ1) is 7.74. The number of halogens is 1. The normalized spacial score (nSPS) is 18.1. The molecule has 1 nitrogen and oxygen atoms in total. The fourth-order valence-corrected chi connectivity index (χ4v) is 3.02. The largest absolute Gasteiger partial charge is 0.392 e. The van der Waals surface area contributed by atoms with Gasteiger partial charge < -0.3 is 5.11 Å². The first kappa shape index (κ1) is 12.5. The van der Waals surface area contributed by atoms with Gasteiger partial charge in [0.05, 0.1) is 6.10 Å². The Hall–Kier alpha value is 0.01000. The van der Waals surface area contributed by atoms with E-state index in [0.29, 0.717) is 0 Å². The van der Waals surface area contributed by atoms with Gasteiger partial charge in [-0.05, 0) is 36.6 Å². The van der Waals surface area contributed by atoms with Crippen LogP contribution < -0.4 is 0 Å². The molecule has 1 saturated carbocycles. The Balaban J connectivity index is 1.71. The molecular weight excluding hydrogens is 284 g/mol. The van der Waals surface area contributed by atoms with Crippen molar-refractivity contribution in [3.63, 3.8) is 0 Å². The molecule has 0 bridgehead atoms. The summed E-state index contributed by atoms with van der Waals surface area (Å²) in [6, 6.07) is 8.26. The molecule has 0 aliphatic heterocycles. The zero-order chi connectivity index (χ0) is 11.4. The third kappa shape index (κ3) is 3.79. The lowest BCUT2D eigenvalue weighted by Crippen LogP contribution is -2.20. The van der Waals surface area contributed by atoms with Gasteiger partial charge in [-0.3, -0.25) is 0 Å². The highest BCUT2D eigenvalue weighted by Crippen LogP contribution is 2.31. The lowest BCUT2D eigenvalue weighted by molar-refractivity contribution is 0.136. The quantitative estimate of drug-likeness (QED) is 0.827. The molecule has 1 atom stereocenters. The van der Waals surface area contributed by atoms with Gasteiger partial charge in [-0.15, -0.1) is 11.8 Å². The van der Waals surface area contributed by atoms with Crippen LogP contribution in [0.1, 0.15) is 25.7 Å². The van der Waals surface area contributed by atoms with E-state index in [9.17, 15) is 5.11 Å². The first-order valence-electron chi connectivity index (χ1n) is 5.80. The molecular formula is C13H17BrOS. The predicted molar refractivity (Wildman–Crippen MR) is 72.8 cm³/mol. The molecule has 0 spiro atoms. The maximum atomic E-state index is 9.87. The highest BCUT2D eigenvalue weighted by atomic mass is 79.9. The molecule has 3 heteroatoms. The zero-order valence-electron chi connectivity index (χ0n) is 9.23. The molecule has 0 radical (unpaired) electrons. The van der Waals surface area contributed by atoms with Gasteiger partial charge in [-0.1, -0.05) is 35.2 Å². The topological polar surface area (TPSA) is 20.2 Å². The molecule has 1 aromatic rings. The number of thioether (sulfide) groups is 1. The van der Waals surface area contributed by atoms with Gasteiger partial charge in [-0.25, -0.2) is 0 Å². The summed E-state index contributed by atoms with van der Waals surface area (Å²) in [5.41, 5.74) is 0. The molecule has 1 N–H and O–H groups in total. The lowest BCUT2D eigenvalue weighted by atomic mass is 9.82. The number of aliphatic hydroxyl groups excluding tert-OH is 1. The summed E-state index contributed by atoms with van der Waals surface area (Å²) in [5, 5.41) is 9.87. The van der Waals surface area contributed by atoms with Crippen molar-refractivity contribution in [3.05, 3.63) is 28.7 Å². The van der Waals surface area contributed by atoms with E-state index in [0.717, 1.165) is 22.6 Å². The smallest absolute Gasteiger partial charge is 0.0636 e. The second-order valence-corrected chi connectivity index (χ2v) is 6.46. The fourth-order valence-electron chi connectivity index (χ4n) is 1.90. The van der Waals surface area contributed by atoms with Crippen molar-refractivity contribution in [2.45, 2.75) is 36.7 Å². The summed E-state index contributed by atoms with van der Waals surface area (Å²) < 4.78 is 1.10. The molecule has 0 aromatic heterocycles. The predicted octanol–water partition coefficient (Wildman–Crippen LogP) is 4.09. The summed E-state index contributed by atoms with van der Waals surface area (Å²) in [6.45, 7) is 0. The first-order valence-corrected chi connectivity index (χ1v) is 7.58. The third-order valence-corrected chi connectivity index (χ3v) is 4.77. The number of hydrogen-bond donors (Lipinski definition) is 1. The van der Waals surface area contributed by atoms with Crippen LogP contribution in [-0.4, -0.2) is 17.0 Å². The Bertz CT molecular complexity index is 321. The van der Waals surface area contributed by atoms with E-state index in [2.05, 4.69) is 28.1 Å². The number of rotatable bonds is 5. The van der Waals surface area contributed by atoms with Crippen LogP contribution in [0.2, 0.25) is 0 Å². The van der Waals surface area contributed by atoms with Crippen LogP contribution in [0.5, 0.6) is 0 Å². The van der Waals surface area contributed by atoms with Crippen molar-refractivity contribution in [1.82, 2.24) is 0 Å². The molecule has 0 saturated heterocycles. The molecule has 1 aliphatic rings. The maximum Gasteiger partial charge on any atom is 0.0636 e. The van der Waals surface area contributed by atoms with Crippen LogP contribution in [0, 0.1) is 5.92 Å². The number of aliphatic hydroxyl groups is 1. The minimum atomic E-state index is -0.140.